The van der Waals surface area contributed by atoms with E-state index in [0.717, 1.165) is 0 Å². The van der Waals surface area contributed by atoms with E-state index >= 15 is 0 Å². The molecule has 0 aliphatic carbocycles. The van der Waals surface area contributed by atoms with Crippen LogP contribution >= 0.6 is 0 Å². The summed E-state index contributed by atoms with van der Waals surface area (Å²) in [5.74, 6) is 0.328. The summed E-state index contributed by atoms with van der Waals surface area (Å²) in [6, 6.07) is 0. The van der Waals surface area contributed by atoms with Gasteiger partial charge >= 0.3 is 0 Å². The Morgan fingerprint density at radius 2 is 2.31 bits per heavy atom. The average molecular weight is 204 g/mol. The Bertz CT molecular complexity index is 202. The highest BCUT2D eigenvalue weighted by atomic mass is 32.1. The fourth-order valence-electron chi connectivity index (χ4n) is 1.30. The zero-order valence-electron chi connectivity index (χ0n) is 7.73. The molecule has 1 aliphatic rings. The van der Waals surface area contributed by atoms with E-state index in [1.54, 1.807) is 0 Å². The molecule has 1 fully saturated rings. The molecule has 0 radical (unpaired) electrons. The number of hydrogen-bond donors (Lipinski definition) is 2. The predicted molar refractivity (Wildman–Crippen MR) is 51.1 cm³/mol. The number of nitrogens with one attached hydrogen (secondary N) is 1. The summed E-state index contributed by atoms with van der Waals surface area (Å²) in [4.78, 5) is 5.99. The van der Waals surface area contributed by atoms with Crippen molar-refractivity contribution in [3.63, 3.8) is 0 Å². The van der Waals surface area contributed by atoms with E-state index in [1.165, 1.54) is 0 Å². The van der Waals surface area contributed by atoms with Gasteiger partial charge in [0.2, 0.25) is 0 Å². The third-order valence-corrected chi connectivity index (χ3v) is 2.58. The molecule has 0 aromatic carbocycles. The minimum absolute atomic E-state index is 0.0714. The van der Waals surface area contributed by atoms with Crippen molar-refractivity contribution in [2.24, 2.45) is 0 Å². The van der Waals surface area contributed by atoms with Crippen molar-refractivity contribution in [1.82, 2.24) is 15.3 Å². The van der Waals surface area contributed by atoms with Crippen molar-refractivity contribution in [3.8, 4) is 0 Å². The molecule has 0 aromatic heterocycles. The monoisotopic (exact) mass is 204 g/mol. The maximum Gasteiger partial charge on any atom is 0.138 e. The summed E-state index contributed by atoms with van der Waals surface area (Å²) in [7, 11) is 3.79. The van der Waals surface area contributed by atoms with E-state index in [1.807, 2.05) is 24.0 Å². The molecule has 2 atom stereocenters. The first-order chi connectivity index (χ1) is 6.06. The summed E-state index contributed by atoms with van der Waals surface area (Å²) in [6.07, 6.45) is 0.589. The SMILES string of the molecule is C=C(CC1N(C)NC([S-])N1C)OO. The van der Waals surface area contributed by atoms with Gasteiger partial charge in [-0.05, 0) is 12.5 Å². The summed E-state index contributed by atoms with van der Waals surface area (Å²) in [5, 5.41) is 10.2. The van der Waals surface area contributed by atoms with Crippen LogP contribution in [0, 0.1) is 0 Å². The highest BCUT2D eigenvalue weighted by Gasteiger charge is 2.28. The maximum absolute atomic E-state index is 8.35. The zero-order valence-corrected chi connectivity index (χ0v) is 8.54. The Morgan fingerprint density at radius 1 is 1.69 bits per heavy atom. The minimum atomic E-state index is -0.124. The van der Waals surface area contributed by atoms with Crippen molar-refractivity contribution < 1.29 is 10.1 Å². The highest BCUT2D eigenvalue weighted by Crippen LogP contribution is 2.17. The molecule has 1 aliphatic heterocycles. The van der Waals surface area contributed by atoms with Gasteiger partial charge in [0.25, 0.3) is 0 Å². The topological polar surface area (TPSA) is 48.0 Å². The van der Waals surface area contributed by atoms with E-state index in [4.69, 9.17) is 17.9 Å². The fraction of sp³-hybridized carbons (Fsp3) is 0.714. The third kappa shape index (κ3) is 2.35. The second kappa shape index (κ2) is 4.30. The van der Waals surface area contributed by atoms with E-state index in [2.05, 4.69) is 16.9 Å². The van der Waals surface area contributed by atoms with Crippen LogP contribution in [-0.2, 0) is 17.5 Å². The van der Waals surface area contributed by atoms with Gasteiger partial charge in [-0.25, -0.2) is 10.3 Å². The van der Waals surface area contributed by atoms with Crippen LogP contribution in [-0.4, -0.2) is 40.9 Å². The molecular formula is C7H14N3O2S-. The molecule has 2 N–H and O–H groups in total. The zero-order chi connectivity index (χ0) is 10.0. The molecule has 0 spiro atoms. The van der Waals surface area contributed by atoms with Crippen LogP contribution in [0.25, 0.3) is 0 Å². The van der Waals surface area contributed by atoms with Gasteiger partial charge in [-0.2, -0.15) is 0 Å². The van der Waals surface area contributed by atoms with Gasteiger partial charge in [-0.15, -0.1) is 0 Å². The number of hydrazine groups is 1. The van der Waals surface area contributed by atoms with E-state index in [-0.39, 0.29) is 11.7 Å². The van der Waals surface area contributed by atoms with Crippen molar-refractivity contribution in [2.45, 2.75) is 18.1 Å². The molecule has 1 saturated heterocycles. The summed E-state index contributed by atoms with van der Waals surface area (Å²) in [6.45, 7) is 3.54. The molecule has 1 rings (SSSR count). The van der Waals surface area contributed by atoms with Crippen molar-refractivity contribution in [2.75, 3.05) is 14.1 Å². The Labute approximate surface area is 83.3 Å². The average Bonchev–Trinajstić information content (AvgIpc) is 2.32. The molecule has 0 amide bonds. The lowest BCUT2D eigenvalue weighted by Crippen LogP contribution is -2.37. The smallest absolute Gasteiger partial charge is 0.138 e. The van der Waals surface area contributed by atoms with Gasteiger partial charge in [-0.1, -0.05) is 6.58 Å². The first-order valence-electron chi connectivity index (χ1n) is 3.92. The Balaban J connectivity index is 2.53. The van der Waals surface area contributed by atoms with Gasteiger partial charge < -0.3 is 17.5 Å². The van der Waals surface area contributed by atoms with Gasteiger partial charge in [0.1, 0.15) is 5.76 Å². The molecular weight excluding hydrogens is 190 g/mol. The molecule has 5 nitrogen and oxygen atoms in total. The van der Waals surface area contributed by atoms with E-state index < -0.39 is 0 Å². The Hall–Kier alpha value is -0.270. The van der Waals surface area contributed by atoms with E-state index in [0.29, 0.717) is 12.2 Å². The lowest BCUT2D eigenvalue weighted by atomic mass is 10.3. The molecule has 76 valence electrons. The second-order valence-electron chi connectivity index (χ2n) is 3.07. The van der Waals surface area contributed by atoms with Crippen LogP contribution in [0.15, 0.2) is 12.3 Å². The molecule has 0 bridgehead atoms. The molecule has 6 heteroatoms. The van der Waals surface area contributed by atoms with Crippen LogP contribution in [0.1, 0.15) is 6.42 Å². The predicted octanol–water partition coefficient (Wildman–Crippen LogP) is -0.0818. The summed E-state index contributed by atoms with van der Waals surface area (Å²) >= 11 is 5.11. The first-order valence-corrected chi connectivity index (χ1v) is 4.39. The lowest BCUT2D eigenvalue weighted by molar-refractivity contribution is -0.207. The van der Waals surface area contributed by atoms with Crippen LogP contribution in [0.2, 0.25) is 0 Å². The molecule has 1 heterocycles. The van der Waals surface area contributed by atoms with E-state index in [9.17, 15) is 0 Å². The van der Waals surface area contributed by atoms with Crippen LogP contribution in [0.5, 0.6) is 0 Å². The second-order valence-corrected chi connectivity index (χ2v) is 3.52. The summed E-state index contributed by atoms with van der Waals surface area (Å²) in [5.41, 5.74) is 2.92. The molecule has 0 aromatic rings. The summed E-state index contributed by atoms with van der Waals surface area (Å²) < 4.78 is 0. The van der Waals surface area contributed by atoms with Crippen LogP contribution in [0.3, 0.4) is 0 Å². The Morgan fingerprint density at radius 3 is 2.69 bits per heavy atom. The van der Waals surface area contributed by atoms with Crippen molar-refractivity contribution >= 4 is 12.6 Å². The molecule has 2 unspecified atom stereocenters. The van der Waals surface area contributed by atoms with Crippen molar-refractivity contribution in [3.05, 3.63) is 12.3 Å². The normalized spacial score (nSPS) is 30.8. The van der Waals surface area contributed by atoms with Gasteiger partial charge in [0, 0.05) is 13.5 Å². The van der Waals surface area contributed by atoms with Gasteiger partial charge in [0.05, 0.1) is 6.17 Å². The van der Waals surface area contributed by atoms with Crippen LogP contribution < -0.4 is 5.43 Å². The lowest BCUT2D eigenvalue weighted by Gasteiger charge is -2.27. The minimum Gasteiger partial charge on any atom is -0.757 e. The quantitative estimate of drug-likeness (QED) is 0.290. The Kier molecular flexibility index (Phi) is 3.57. The largest absolute Gasteiger partial charge is 0.757 e. The van der Waals surface area contributed by atoms with Crippen molar-refractivity contribution in [1.29, 1.82) is 0 Å². The maximum atomic E-state index is 8.35. The fourth-order valence-corrected chi connectivity index (χ4v) is 1.61. The van der Waals surface area contributed by atoms with Crippen LogP contribution in [0.4, 0.5) is 0 Å². The number of hydrogen-bond acceptors (Lipinski definition) is 6. The molecule has 13 heavy (non-hydrogen) atoms. The standard InChI is InChI=1S/C7H15N3O2S/c1-5(12-11)4-6-9(2)7(13)8-10(6)3/h6-8,11,13H,1,4H2,2-3H3/p-1. The highest BCUT2D eigenvalue weighted by molar-refractivity contribution is 7.59. The molecule has 0 saturated carbocycles. The third-order valence-electron chi connectivity index (χ3n) is 2.14. The number of rotatable bonds is 3. The number of nitrogens with zero attached hydrogens (tertiary/aromatic N) is 2. The van der Waals surface area contributed by atoms with Gasteiger partial charge in [0.15, 0.2) is 0 Å². The first kappa shape index (κ1) is 10.8. The van der Waals surface area contributed by atoms with Gasteiger partial charge in [-0.3, -0.25) is 10.3 Å².